The van der Waals surface area contributed by atoms with E-state index in [4.69, 9.17) is 0 Å². The normalized spacial score (nSPS) is 40.6. The maximum atomic E-state index is 12.2. The third-order valence-electron chi connectivity index (χ3n) is 5.27. The highest BCUT2D eigenvalue weighted by Gasteiger charge is 2.57. The summed E-state index contributed by atoms with van der Waals surface area (Å²) < 4.78 is 0. The molecule has 3 heterocycles. The van der Waals surface area contributed by atoms with Gasteiger partial charge in [0.15, 0.2) is 0 Å². The third kappa shape index (κ3) is 2.48. The molecule has 0 saturated carbocycles. The molecular weight excluding hydrogens is 300 g/mol. The number of thioether (sulfide) groups is 1. The maximum Gasteiger partial charge on any atom is 0.315 e. The summed E-state index contributed by atoms with van der Waals surface area (Å²) in [6.07, 6.45) is 2.23. The molecular formula is C15H26N4O2S. The first kappa shape index (κ1) is 15.9. The lowest BCUT2D eigenvalue weighted by Gasteiger charge is -2.56. The highest BCUT2D eigenvalue weighted by atomic mass is 32.2. The minimum absolute atomic E-state index is 0.0220. The van der Waals surface area contributed by atoms with Crippen LogP contribution in [0.4, 0.5) is 4.79 Å². The van der Waals surface area contributed by atoms with Crippen molar-refractivity contribution in [3.05, 3.63) is 0 Å². The van der Waals surface area contributed by atoms with Crippen molar-refractivity contribution >= 4 is 23.7 Å². The zero-order chi connectivity index (χ0) is 15.9. The van der Waals surface area contributed by atoms with Gasteiger partial charge in [0.2, 0.25) is 5.91 Å². The lowest BCUT2D eigenvalue weighted by Crippen LogP contribution is -2.72. The standard InChI is InChI=1S/C15H26N4O2S/c1-4-5-6-19-11(8(2)12(19)14(20)16-3)13-10-9(7-22-13)17-15(21)18-10/h8-13H,4-7H2,1-3H3,(H,16,20)(H2,17,18,21). The van der Waals surface area contributed by atoms with Crippen LogP contribution < -0.4 is 16.0 Å². The number of likely N-dealkylation sites (tertiary alicyclic amines) is 1. The van der Waals surface area contributed by atoms with E-state index in [0.717, 1.165) is 25.1 Å². The van der Waals surface area contributed by atoms with E-state index in [1.807, 2.05) is 11.8 Å². The summed E-state index contributed by atoms with van der Waals surface area (Å²) in [6, 6.07) is 0.733. The van der Waals surface area contributed by atoms with Gasteiger partial charge in [0.25, 0.3) is 0 Å². The van der Waals surface area contributed by atoms with Gasteiger partial charge in [0.1, 0.15) is 0 Å². The van der Waals surface area contributed by atoms with E-state index in [2.05, 4.69) is 34.7 Å². The topological polar surface area (TPSA) is 73.5 Å². The summed E-state index contributed by atoms with van der Waals surface area (Å²) in [5.41, 5.74) is 0. The average molecular weight is 326 g/mol. The van der Waals surface area contributed by atoms with Crippen molar-refractivity contribution in [1.82, 2.24) is 20.9 Å². The third-order valence-corrected chi connectivity index (χ3v) is 6.78. The highest BCUT2D eigenvalue weighted by Crippen LogP contribution is 2.44. The minimum Gasteiger partial charge on any atom is -0.358 e. The first-order valence-electron chi connectivity index (χ1n) is 8.24. The van der Waals surface area contributed by atoms with Gasteiger partial charge in [0, 0.05) is 24.1 Å². The van der Waals surface area contributed by atoms with Gasteiger partial charge in [-0.05, 0) is 18.9 Å². The molecule has 3 rings (SSSR count). The minimum atomic E-state index is -0.0461. The Kier molecular flexibility index (Phi) is 4.54. The average Bonchev–Trinajstić information content (AvgIpc) is 3.03. The predicted molar refractivity (Wildman–Crippen MR) is 87.9 cm³/mol. The first-order valence-corrected chi connectivity index (χ1v) is 9.29. The second-order valence-electron chi connectivity index (χ2n) is 6.55. The molecule has 124 valence electrons. The van der Waals surface area contributed by atoms with Crippen molar-refractivity contribution in [3.8, 4) is 0 Å². The summed E-state index contributed by atoms with van der Waals surface area (Å²) in [5, 5.41) is 9.24. The molecule has 6 unspecified atom stereocenters. The zero-order valence-corrected chi connectivity index (χ0v) is 14.3. The first-order chi connectivity index (χ1) is 10.6. The van der Waals surface area contributed by atoms with Gasteiger partial charge >= 0.3 is 6.03 Å². The predicted octanol–water partition coefficient (Wildman–Crippen LogP) is 0.387. The van der Waals surface area contributed by atoms with Crippen molar-refractivity contribution < 1.29 is 9.59 Å². The van der Waals surface area contributed by atoms with Crippen LogP contribution in [0.25, 0.3) is 0 Å². The molecule has 0 aromatic rings. The Morgan fingerprint density at radius 1 is 1.45 bits per heavy atom. The quantitative estimate of drug-likeness (QED) is 0.639. The Labute approximate surface area is 136 Å². The van der Waals surface area contributed by atoms with Crippen LogP contribution in [0.3, 0.4) is 0 Å². The van der Waals surface area contributed by atoms with Crippen LogP contribution in [0.15, 0.2) is 0 Å². The van der Waals surface area contributed by atoms with Crippen LogP contribution >= 0.6 is 11.8 Å². The molecule has 3 saturated heterocycles. The highest BCUT2D eigenvalue weighted by molar-refractivity contribution is 8.00. The number of carbonyl (C=O) groups is 2. The zero-order valence-electron chi connectivity index (χ0n) is 13.5. The number of amides is 3. The number of fused-ring (bicyclic) bond motifs is 1. The molecule has 0 aliphatic carbocycles. The van der Waals surface area contributed by atoms with Crippen molar-refractivity contribution in [3.63, 3.8) is 0 Å². The summed E-state index contributed by atoms with van der Waals surface area (Å²) >= 11 is 1.93. The van der Waals surface area contributed by atoms with E-state index >= 15 is 0 Å². The number of hydrogen-bond acceptors (Lipinski definition) is 4. The Bertz CT molecular complexity index is 461. The van der Waals surface area contributed by atoms with Crippen molar-refractivity contribution in [2.45, 2.75) is 56.1 Å². The molecule has 0 aromatic carbocycles. The molecule has 3 fully saturated rings. The van der Waals surface area contributed by atoms with Crippen molar-refractivity contribution in [1.29, 1.82) is 0 Å². The second-order valence-corrected chi connectivity index (χ2v) is 7.76. The molecule has 0 spiro atoms. The number of rotatable bonds is 5. The summed E-state index contributed by atoms with van der Waals surface area (Å²) in [4.78, 5) is 26.1. The largest absolute Gasteiger partial charge is 0.358 e. The molecule has 3 aliphatic rings. The molecule has 3 N–H and O–H groups in total. The van der Waals surface area contributed by atoms with Gasteiger partial charge in [-0.3, -0.25) is 9.69 Å². The van der Waals surface area contributed by atoms with Gasteiger partial charge < -0.3 is 16.0 Å². The fourth-order valence-corrected chi connectivity index (χ4v) is 5.95. The lowest BCUT2D eigenvalue weighted by atomic mass is 9.76. The Morgan fingerprint density at radius 2 is 2.23 bits per heavy atom. The van der Waals surface area contributed by atoms with E-state index < -0.39 is 0 Å². The molecule has 22 heavy (non-hydrogen) atoms. The molecule has 6 nitrogen and oxygen atoms in total. The molecule has 0 aromatic heterocycles. The molecule has 7 heteroatoms. The number of likely N-dealkylation sites (N-methyl/N-ethyl adjacent to an activating group) is 1. The van der Waals surface area contributed by atoms with E-state index in [-0.39, 0.29) is 30.1 Å². The summed E-state index contributed by atoms with van der Waals surface area (Å²) in [5.74, 6) is 1.40. The SMILES string of the molecule is CCCCN1C(C(=O)NC)C(C)C1C1SCC2NC(=O)NC21. The Balaban J connectivity index is 1.74. The van der Waals surface area contributed by atoms with E-state index in [1.165, 1.54) is 0 Å². The fraction of sp³-hybridized carbons (Fsp3) is 0.867. The maximum absolute atomic E-state index is 12.2. The molecule has 3 amide bonds. The van der Waals surface area contributed by atoms with Crippen molar-refractivity contribution in [2.24, 2.45) is 5.92 Å². The van der Waals surface area contributed by atoms with E-state index in [0.29, 0.717) is 17.2 Å². The van der Waals surface area contributed by atoms with Crippen molar-refractivity contribution in [2.75, 3.05) is 19.3 Å². The summed E-state index contributed by atoms with van der Waals surface area (Å²) in [6.45, 7) is 5.30. The van der Waals surface area contributed by atoms with Crippen LogP contribution in [0, 0.1) is 5.92 Å². The van der Waals surface area contributed by atoms with Gasteiger partial charge in [-0.15, -0.1) is 0 Å². The van der Waals surface area contributed by atoms with Crippen LogP contribution in [0.2, 0.25) is 0 Å². The van der Waals surface area contributed by atoms with Gasteiger partial charge in [-0.1, -0.05) is 20.3 Å². The van der Waals surface area contributed by atoms with Gasteiger partial charge in [-0.25, -0.2) is 4.79 Å². The van der Waals surface area contributed by atoms with Crippen LogP contribution in [-0.4, -0.2) is 65.6 Å². The number of hydrogen-bond donors (Lipinski definition) is 3. The molecule has 3 aliphatic heterocycles. The Morgan fingerprint density at radius 3 is 2.91 bits per heavy atom. The molecule has 0 radical (unpaired) electrons. The number of unbranched alkanes of at least 4 members (excludes halogenated alkanes) is 1. The Hall–Kier alpha value is -0.950. The van der Waals surface area contributed by atoms with E-state index in [9.17, 15) is 9.59 Å². The second kappa shape index (κ2) is 6.28. The monoisotopic (exact) mass is 326 g/mol. The molecule has 6 atom stereocenters. The number of urea groups is 1. The summed E-state index contributed by atoms with van der Waals surface area (Å²) in [7, 11) is 1.71. The number of nitrogens with zero attached hydrogens (tertiary/aromatic N) is 1. The smallest absolute Gasteiger partial charge is 0.315 e. The lowest BCUT2D eigenvalue weighted by molar-refractivity contribution is -0.142. The van der Waals surface area contributed by atoms with Crippen LogP contribution in [0.1, 0.15) is 26.7 Å². The van der Waals surface area contributed by atoms with Crippen LogP contribution in [0.5, 0.6) is 0 Å². The van der Waals surface area contributed by atoms with Crippen LogP contribution in [-0.2, 0) is 4.79 Å². The van der Waals surface area contributed by atoms with Gasteiger partial charge in [-0.2, -0.15) is 11.8 Å². The molecule has 0 bridgehead atoms. The van der Waals surface area contributed by atoms with E-state index in [1.54, 1.807) is 7.05 Å². The number of nitrogens with one attached hydrogen (secondary N) is 3. The fourth-order valence-electron chi connectivity index (χ4n) is 4.17. The number of carbonyl (C=O) groups excluding carboxylic acids is 2. The van der Waals surface area contributed by atoms with Gasteiger partial charge in [0.05, 0.1) is 18.1 Å².